The zero-order valence-electron chi connectivity index (χ0n) is 11.4. The molecule has 0 aromatic carbocycles. The van der Waals surface area contributed by atoms with Crippen molar-refractivity contribution in [2.75, 3.05) is 0 Å². The van der Waals surface area contributed by atoms with Crippen LogP contribution < -0.4 is 5.32 Å². The fourth-order valence-electron chi connectivity index (χ4n) is 1.38. The molecule has 0 heterocycles. The van der Waals surface area contributed by atoms with Crippen molar-refractivity contribution in [3.05, 3.63) is 0 Å². The van der Waals surface area contributed by atoms with E-state index in [9.17, 15) is 0 Å². The van der Waals surface area contributed by atoms with Crippen molar-refractivity contribution < 1.29 is 9.47 Å². The summed E-state index contributed by atoms with van der Waals surface area (Å²) in [6, 6.07) is 0. The van der Waals surface area contributed by atoms with Gasteiger partial charge in [0.25, 0.3) is 0 Å². The Kier molecular flexibility index (Phi) is 5.24. The zero-order valence-corrected chi connectivity index (χ0v) is 11.4. The van der Waals surface area contributed by atoms with E-state index >= 15 is 0 Å². The molecule has 0 bridgehead atoms. The lowest BCUT2D eigenvalue weighted by Crippen LogP contribution is -2.39. The maximum absolute atomic E-state index is 5.68. The highest BCUT2D eigenvalue weighted by molar-refractivity contribution is 4.65. The van der Waals surface area contributed by atoms with E-state index in [1.807, 2.05) is 55.4 Å². The third-order valence-corrected chi connectivity index (χ3v) is 1.47. The molecular weight excluding hydrogens is 190 g/mol. The lowest BCUT2D eigenvalue weighted by Gasteiger charge is -2.29. The molecule has 2 unspecified atom stereocenters. The second-order valence-corrected chi connectivity index (χ2v) is 5.81. The molecule has 15 heavy (non-hydrogen) atoms. The summed E-state index contributed by atoms with van der Waals surface area (Å²) in [5.41, 5.74) is -0.325. The molecule has 0 N–H and O–H groups in total. The molecule has 0 aliphatic heterocycles. The molecule has 3 nitrogen and oxygen atoms in total. The molecule has 0 aromatic rings. The molecule has 0 amide bonds. The first-order valence-electron chi connectivity index (χ1n) is 5.55. The minimum atomic E-state index is -0.162. The largest absolute Gasteiger partial charge is 0.356 e. The lowest BCUT2D eigenvalue weighted by molar-refractivity contribution is -0.124. The topological polar surface area (TPSA) is 32.6 Å². The van der Waals surface area contributed by atoms with Gasteiger partial charge in [0, 0.05) is 0 Å². The molecule has 0 rings (SSSR count). The Balaban J connectivity index is 3.92. The van der Waals surface area contributed by atoms with Crippen LogP contribution in [0.5, 0.6) is 0 Å². The fourth-order valence-corrected chi connectivity index (χ4v) is 1.38. The molecular formula is C12H26NO2. The van der Waals surface area contributed by atoms with Crippen LogP contribution in [0.4, 0.5) is 0 Å². The van der Waals surface area contributed by atoms with Gasteiger partial charge >= 0.3 is 0 Å². The Bertz CT molecular complexity index is 159. The van der Waals surface area contributed by atoms with Crippen molar-refractivity contribution in [3.63, 3.8) is 0 Å². The Morgan fingerprint density at radius 2 is 1.00 bits per heavy atom. The van der Waals surface area contributed by atoms with Crippen molar-refractivity contribution in [1.29, 1.82) is 0 Å². The van der Waals surface area contributed by atoms with Gasteiger partial charge in [0.05, 0.1) is 11.2 Å². The van der Waals surface area contributed by atoms with E-state index in [1.165, 1.54) is 0 Å². The Hall–Kier alpha value is -0.120. The summed E-state index contributed by atoms with van der Waals surface area (Å²) in [7, 11) is 0. The molecule has 0 fully saturated rings. The standard InChI is InChI=1S/C12H26NO2/c1-9(14-11(3,4)5)13-10(2)15-12(6,7)8/h9-10H,1-8H3. The first-order chi connectivity index (χ1) is 6.49. The Labute approximate surface area is 94.5 Å². The molecule has 0 aliphatic rings. The number of hydrogen-bond donors (Lipinski definition) is 0. The number of ether oxygens (including phenoxy) is 2. The van der Waals surface area contributed by atoms with Gasteiger partial charge < -0.3 is 9.47 Å². The highest BCUT2D eigenvalue weighted by atomic mass is 16.5. The third-order valence-electron chi connectivity index (χ3n) is 1.47. The highest BCUT2D eigenvalue weighted by Gasteiger charge is 2.21. The summed E-state index contributed by atoms with van der Waals surface area (Å²) in [5, 5.41) is 4.40. The lowest BCUT2D eigenvalue weighted by atomic mass is 10.2. The van der Waals surface area contributed by atoms with Gasteiger partial charge in [-0.2, -0.15) is 5.32 Å². The quantitative estimate of drug-likeness (QED) is 0.724. The second-order valence-electron chi connectivity index (χ2n) is 5.81. The van der Waals surface area contributed by atoms with Crippen molar-refractivity contribution in [3.8, 4) is 0 Å². The first-order valence-corrected chi connectivity index (χ1v) is 5.55. The van der Waals surface area contributed by atoms with Gasteiger partial charge in [-0.25, -0.2) is 0 Å². The van der Waals surface area contributed by atoms with E-state index in [4.69, 9.17) is 9.47 Å². The molecule has 2 atom stereocenters. The fraction of sp³-hybridized carbons (Fsp3) is 1.00. The second kappa shape index (κ2) is 5.28. The third kappa shape index (κ3) is 10.2. The van der Waals surface area contributed by atoms with Gasteiger partial charge in [-0.05, 0) is 55.4 Å². The minimum Gasteiger partial charge on any atom is -0.356 e. The molecule has 0 aliphatic carbocycles. The average Bonchev–Trinajstić information content (AvgIpc) is 1.73. The number of hydrogen-bond acceptors (Lipinski definition) is 2. The van der Waals surface area contributed by atoms with Crippen LogP contribution >= 0.6 is 0 Å². The summed E-state index contributed by atoms with van der Waals surface area (Å²) in [4.78, 5) is 0. The van der Waals surface area contributed by atoms with Gasteiger partial charge in [-0.15, -0.1) is 0 Å². The molecule has 0 spiro atoms. The maximum atomic E-state index is 5.68. The van der Waals surface area contributed by atoms with Crippen LogP contribution in [0.2, 0.25) is 0 Å². The van der Waals surface area contributed by atoms with E-state index in [2.05, 4.69) is 5.32 Å². The molecule has 91 valence electrons. The monoisotopic (exact) mass is 216 g/mol. The highest BCUT2D eigenvalue weighted by Crippen LogP contribution is 2.13. The number of nitrogens with zero attached hydrogens (tertiary/aromatic N) is 1. The predicted molar refractivity (Wildman–Crippen MR) is 62.7 cm³/mol. The average molecular weight is 216 g/mol. The molecule has 1 radical (unpaired) electrons. The normalized spacial score (nSPS) is 17.6. The van der Waals surface area contributed by atoms with Gasteiger partial charge in [0.1, 0.15) is 12.5 Å². The van der Waals surface area contributed by atoms with Crippen molar-refractivity contribution in [2.45, 2.75) is 79.0 Å². The summed E-state index contributed by atoms with van der Waals surface area (Å²) in [6.07, 6.45) is -0.273. The summed E-state index contributed by atoms with van der Waals surface area (Å²) < 4.78 is 11.4. The van der Waals surface area contributed by atoms with Gasteiger partial charge in [-0.3, -0.25) is 0 Å². The van der Waals surface area contributed by atoms with Gasteiger partial charge in [0.15, 0.2) is 0 Å². The van der Waals surface area contributed by atoms with Crippen LogP contribution in [-0.2, 0) is 9.47 Å². The van der Waals surface area contributed by atoms with Crippen LogP contribution in [0.15, 0.2) is 0 Å². The maximum Gasteiger partial charge on any atom is 0.124 e. The Morgan fingerprint density at radius 1 is 0.733 bits per heavy atom. The van der Waals surface area contributed by atoms with Crippen LogP contribution in [-0.4, -0.2) is 23.7 Å². The molecule has 3 heteroatoms. The van der Waals surface area contributed by atoms with Crippen molar-refractivity contribution in [2.24, 2.45) is 0 Å². The smallest absolute Gasteiger partial charge is 0.124 e. The molecule has 0 saturated carbocycles. The summed E-state index contributed by atoms with van der Waals surface area (Å²) in [6.45, 7) is 16.0. The molecule has 0 aromatic heterocycles. The predicted octanol–water partition coefficient (Wildman–Crippen LogP) is 2.91. The Morgan fingerprint density at radius 3 is 1.20 bits per heavy atom. The number of rotatable bonds is 4. The van der Waals surface area contributed by atoms with E-state index in [-0.39, 0.29) is 23.7 Å². The van der Waals surface area contributed by atoms with Crippen LogP contribution in [0.25, 0.3) is 0 Å². The van der Waals surface area contributed by atoms with Gasteiger partial charge in [-0.1, -0.05) is 0 Å². The molecule has 0 saturated heterocycles. The van der Waals surface area contributed by atoms with Gasteiger partial charge in [0.2, 0.25) is 0 Å². The minimum absolute atomic E-state index is 0.137. The van der Waals surface area contributed by atoms with Crippen LogP contribution in [0, 0.1) is 0 Å². The van der Waals surface area contributed by atoms with E-state index < -0.39 is 0 Å². The van der Waals surface area contributed by atoms with Crippen LogP contribution in [0.1, 0.15) is 55.4 Å². The summed E-state index contributed by atoms with van der Waals surface area (Å²) >= 11 is 0. The SMILES string of the molecule is CC([N]C(C)OC(C)(C)C)OC(C)(C)C. The van der Waals surface area contributed by atoms with Crippen molar-refractivity contribution >= 4 is 0 Å². The van der Waals surface area contributed by atoms with E-state index in [0.717, 1.165) is 0 Å². The first kappa shape index (κ1) is 14.9. The van der Waals surface area contributed by atoms with Crippen LogP contribution in [0.3, 0.4) is 0 Å². The van der Waals surface area contributed by atoms with E-state index in [1.54, 1.807) is 0 Å². The van der Waals surface area contributed by atoms with E-state index in [0.29, 0.717) is 0 Å². The van der Waals surface area contributed by atoms with Crippen molar-refractivity contribution in [1.82, 2.24) is 5.32 Å². The zero-order chi connectivity index (χ0) is 12.3. The summed E-state index contributed by atoms with van der Waals surface area (Å²) in [5.74, 6) is 0.